The van der Waals surface area contributed by atoms with Crippen LogP contribution in [-0.4, -0.2) is 71.2 Å². The average molecular weight is 531 g/mol. The van der Waals surface area contributed by atoms with Gasteiger partial charge in [-0.2, -0.15) is 0 Å². The Hall–Kier alpha value is -3.05. The number of ether oxygens (including phenoxy) is 8. The fourth-order valence-corrected chi connectivity index (χ4v) is 5.58. The summed E-state index contributed by atoms with van der Waals surface area (Å²) in [5.74, 6) is 2.10. The van der Waals surface area contributed by atoms with Crippen molar-refractivity contribution in [1.82, 2.24) is 0 Å². The Kier molecular flexibility index (Phi) is 7.94. The van der Waals surface area contributed by atoms with Gasteiger partial charge in [-0.3, -0.25) is 0 Å². The number of carbonyl (C=O) groups excluding carboxylic acids is 1. The van der Waals surface area contributed by atoms with Crippen molar-refractivity contribution in [2.45, 2.75) is 43.5 Å². The van der Waals surface area contributed by atoms with Gasteiger partial charge in [0.15, 0.2) is 29.1 Å². The fourth-order valence-electron chi connectivity index (χ4n) is 5.58. The summed E-state index contributed by atoms with van der Waals surface area (Å²) >= 11 is 0. The Morgan fingerprint density at radius 2 is 1.34 bits per heavy atom. The Labute approximate surface area is 221 Å². The van der Waals surface area contributed by atoms with E-state index in [1.807, 2.05) is 30.3 Å². The second kappa shape index (κ2) is 11.4. The van der Waals surface area contributed by atoms with Crippen molar-refractivity contribution in [3.05, 3.63) is 47.5 Å². The molecule has 2 aromatic carbocycles. The maximum absolute atomic E-state index is 11.9. The van der Waals surface area contributed by atoms with Gasteiger partial charge in [-0.1, -0.05) is 12.1 Å². The van der Waals surface area contributed by atoms with Crippen LogP contribution >= 0.6 is 0 Å². The minimum absolute atomic E-state index is 0.105. The van der Waals surface area contributed by atoms with E-state index in [2.05, 4.69) is 0 Å². The van der Waals surface area contributed by atoms with Gasteiger partial charge in [0.1, 0.15) is 0 Å². The molecule has 0 amide bonds. The number of hydrogen-bond donors (Lipinski definition) is 1. The van der Waals surface area contributed by atoms with E-state index >= 15 is 0 Å². The lowest BCUT2D eigenvalue weighted by molar-refractivity contribution is -0.197. The van der Waals surface area contributed by atoms with Crippen LogP contribution in [0.3, 0.4) is 0 Å². The molecule has 0 aromatic heterocycles. The predicted molar refractivity (Wildman–Crippen MR) is 133 cm³/mol. The average Bonchev–Trinajstić information content (AvgIpc) is 3.55. The molecular formula is C28H34O10. The maximum atomic E-state index is 11.9. The molecule has 0 saturated carbocycles. The van der Waals surface area contributed by atoms with Crippen LogP contribution in [0.4, 0.5) is 0 Å². The van der Waals surface area contributed by atoms with E-state index in [9.17, 15) is 9.90 Å². The van der Waals surface area contributed by atoms with Gasteiger partial charge in [0.05, 0.1) is 60.0 Å². The van der Waals surface area contributed by atoms with E-state index < -0.39 is 24.5 Å². The fraction of sp³-hybridized carbons (Fsp3) is 0.536. The molecule has 1 N–H and O–H groups in total. The van der Waals surface area contributed by atoms with Gasteiger partial charge in [-0.15, -0.1) is 0 Å². The molecule has 10 nitrogen and oxygen atoms in total. The molecule has 5 rings (SSSR count). The number of hydrogen-bond acceptors (Lipinski definition) is 10. The number of fused-ring (bicyclic) bond motifs is 1. The van der Waals surface area contributed by atoms with Crippen LogP contribution in [0.2, 0.25) is 0 Å². The molecule has 3 saturated heterocycles. The Morgan fingerprint density at radius 1 is 0.789 bits per heavy atom. The number of aliphatic hydroxyl groups excluding tert-OH is 1. The summed E-state index contributed by atoms with van der Waals surface area (Å²) in [6.45, 7) is 1.13. The van der Waals surface area contributed by atoms with E-state index in [1.165, 1.54) is 7.11 Å². The third-order valence-corrected chi connectivity index (χ3v) is 7.51. The molecule has 38 heavy (non-hydrogen) atoms. The number of benzene rings is 2. The minimum atomic E-state index is -0.885. The highest BCUT2D eigenvalue weighted by molar-refractivity contribution is 5.74. The first-order chi connectivity index (χ1) is 18.4. The lowest BCUT2D eigenvalue weighted by Gasteiger charge is -2.32. The Bertz CT molecular complexity index is 1140. The molecule has 3 aliphatic heterocycles. The molecule has 3 aliphatic rings. The van der Waals surface area contributed by atoms with Crippen molar-refractivity contribution in [2.24, 2.45) is 11.8 Å². The summed E-state index contributed by atoms with van der Waals surface area (Å²) in [5.41, 5.74) is 1.98. The molecule has 3 heterocycles. The van der Waals surface area contributed by atoms with Crippen molar-refractivity contribution in [2.75, 3.05) is 41.7 Å². The topological polar surface area (TPSA) is 111 Å². The molecule has 206 valence electrons. The van der Waals surface area contributed by atoms with Crippen LogP contribution < -0.4 is 18.9 Å². The number of carbonyl (C=O) groups is 1. The van der Waals surface area contributed by atoms with Gasteiger partial charge in [0.2, 0.25) is 6.29 Å². The lowest BCUT2D eigenvalue weighted by atomic mass is 9.85. The van der Waals surface area contributed by atoms with Gasteiger partial charge >= 0.3 is 5.97 Å². The van der Waals surface area contributed by atoms with Crippen molar-refractivity contribution in [3.8, 4) is 23.0 Å². The SMILES string of the molecule is COC(=O)C1CC(O)CC(Oc2ccc(C3OCC4C(c5ccc(OC)c(OC)c5)OCC34)cc2OC)O1. The van der Waals surface area contributed by atoms with Gasteiger partial charge in [-0.25, -0.2) is 4.79 Å². The Morgan fingerprint density at radius 3 is 1.89 bits per heavy atom. The monoisotopic (exact) mass is 530 g/mol. The van der Waals surface area contributed by atoms with Gasteiger partial charge in [0, 0.05) is 24.7 Å². The second-order valence-corrected chi connectivity index (χ2v) is 9.68. The van der Waals surface area contributed by atoms with Crippen molar-refractivity contribution in [1.29, 1.82) is 0 Å². The molecular weight excluding hydrogens is 496 g/mol. The quantitative estimate of drug-likeness (QED) is 0.511. The smallest absolute Gasteiger partial charge is 0.335 e. The first-order valence-corrected chi connectivity index (χ1v) is 12.7. The van der Waals surface area contributed by atoms with Crippen LogP contribution in [0.1, 0.15) is 36.2 Å². The van der Waals surface area contributed by atoms with Crippen LogP contribution in [-0.2, 0) is 23.7 Å². The largest absolute Gasteiger partial charge is 0.493 e. The van der Waals surface area contributed by atoms with E-state index in [-0.39, 0.29) is 36.9 Å². The highest BCUT2D eigenvalue weighted by Crippen LogP contribution is 2.51. The second-order valence-electron chi connectivity index (χ2n) is 9.68. The molecule has 0 radical (unpaired) electrons. The summed E-state index contributed by atoms with van der Waals surface area (Å²) < 4.78 is 45.4. The van der Waals surface area contributed by atoms with E-state index in [0.29, 0.717) is 36.2 Å². The Balaban J connectivity index is 1.29. The zero-order valence-corrected chi connectivity index (χ0v) is 22.0. The third kappa shape index (κ3) is 5.13. The molecule has 7 atom stereocenters. The molecule has 0 spiro atoms. The lowest BCUT2D eigenvalue weighted by Crippen LogP contribution is -2.43. The van der Waals surface area contributed by atoms with E-state index in [4.69, 9.17) is 37.9 Å². The first kappa shape index (κ1) is 26.6. The van der Waals surface area contributed by atoms with Crippen molar-refractivity contribution in [3.63, 3.8) is 0 Å². The maximum Gasteiger partial charge on any atom is 0.335 e. The zero-order valence-electron chi connectivity index (χ0n) is 22.0. The van der Waals surface area contributed by atoms with Gasteiger partial charge < -0.3 is 43.0 Å². The van der Waals surface area contributed by atoms with Crippen LogP contribution in [0.5, 0.6) is 23.0 Å². The predicted octanol–water partition coefficient (Wildman–Crippen LogP) is 3.21. The van der Waals surface area contributed by atoms with Crippen molar-refractivity contribution < 1.29 is 47.8 Å². The zero-order chi connectivity index (χ0) is 26.8. The normalized spacial score (nSPS) is 30.4. The van der Waals surface area contributed by atoms with Gasteiger partial charge in [-0.05, 0) is 35.4 Å². The summed E-state index contributed by atoms with van der Waals surface area (Å²) in [6, 6.07) is 11.5. The van der Waals surface area contributed by atoms with Crippen LogP contribution in [0.15, 0.2) is 36.4 Å². The summed E-state index contributed by atoms with van der Waals surface area (Å²) in [4.78, 5) is 11.9. The summed E-state index contributed by atoms with van der Waals surface area (Å²) in [6.07, 6.45) is -2.33. The van der Waals surface area contributed by atoms with E-state index in [0.717, 1.165) is 11.1 Å². The highest BCUT2D eigenvalue weighted by atomic mass is 16.7. The third-order valence-electron chi connectivity index (χ3n) is 7.51. The molecule has 10 heteroatoms. The van der Waals surface area contributed by atoms with Crippen LogP contribution in [0, 0.1) is 11.8 Å². The molecule has 0 bridgehead atoms. The highest BCUT2D eigenvalue weighted by Gasteiger charge is 2.48. The summed E-state index contributed by atoms with van der Waals surface area (Å²) in [7, 11) is 6.08. The van der Waals surface area contributed by atoms with E-state index in [1.54, 1.807) is 27.4 Å². The van der Waals surface area contributed by atoms with Crippen LogP contribution in [0.25, 0.3) is 0 Å². The minimum Gasteiger partial charge on any atom is -0.493 e. The number of methoxy groups -OCH3 is 4. The molecule has 2 aromatic rings. The number of aliphatic hydroxyl groups is 1. The first-order valence-electron chi connectivity index (χ1n) is 12.7. The number of rotatable bonds is 8. The standard InChI is InChI=1S/C28H34O10/c1-31-20-7-5-15(9-22(20)32-2)26-18-13-36-27(19(18)14-35-26)16-6-8-21(23(10-16)33-3)37-25-12-17(29)11-24(38-25)28(30)34-4/h5-10,17-19,24-27,29H,11-14H2,1-4H3. The van der Waals surface area contributed by atoms with Crippen molar-refractivity contribution >= 4 is 5.97 Å². The molecule has 7 unspecified atom stereocenters. The number of esters is 1. The molecule has 3 fully saturated rings. The summed E-state index contributed by atoms with van der Waals surface area (Å²) in [5, 5.41) is 10.2. The molecule has 0 aliphatic carbocycles. The van der Waals surface area contributed by atoms with Gasteiger partial charge in [0.25, 0.3) is 0 Å².